The van der Waals surface area contributed by atoms with Crippen LogP contribution < -0.4 is 5.32 Å². The van der Waals surface area contributed by atoms with Gasteiger partial charge >= 0.3 is 0 Å². The highest BCUT2D eigenvalue weighted by Gasteiger charge is 2.05. The van der Waals surface area contributed by atoms with Crippen LogP contribution in [0.15, 0.2) is 24.3 Å². The predicted molar refractivity (Wildman–Crippen MR) is 69.3 cm³/mol. The van der Waals surface area contributed by atoms with E-state index in [9.17, 15) is 4.79 Å². The van der Waals surface area contributed by atoms with Gasteiger partial charge in [-0.15, -0.1) is 0 Å². The minimum Gasteiger partial charge on any atom is -0.396 e. The van der Waals surface area contributed by atoms with Gasteiger partial charge in [0.05, 0.1) is 0 Å². The minimum absolute atomic E-state index is 0.107. The summed E-state index contributed by atoms with van der Waals surface area (Å²) in [6, 6.07) is 6.87. The van der Waals surface area contributed by atoms with Crippen LogP contribution in [-0.4, -0.2) is 24.2 Å². The topological polar surface area (TPSA) is 49.3 Å². The molecular weight excluding hydrogens is 238 g/mol. The number of aliphatic hydroxyl groups is 1. The van der Waals surface area contributed by atoms with Gasteiger partial charge in [0, 0.05) is 23.7 Å². The van der Waals surface area contributed by atoms with Gasteiger partial charge in [-0.2, -0.15) is 0 Å². The molecule has 1 rings (SSSR count). The normalized spacial score (nSPS) is 12.2. The highest BCUT2D eigenvalue weighted by Crippen LogP contribution is 2.10. The fourth-order valence-electron chi connectivity index (χ4n) is 1.48. The Morgan fingerprint density at radius 2 is 2.29 bits per heavy atom. The summed E-state index contributed by atoms with van der Waals surface area (Å²) in [6.45, 7) is 2.80. The first-order valence-corrected chi connectivity index (χ1v) is 6.16. The van der Waals surface area contributed by atoms with Crippen molar-refractivity contribution in [2.75, 3.05) is 13.2 Å². The molecule has 1 amide bonds. The predicted octanol–water partition coefficient (Wildman–Crippen LogP) is 2.48. The molecule has 3 nitrogen and oxygen atoms in total. The van der Waals surface area contributed by atoms with E-state index in [2.05, 4.69) is 5.32 Å². The molecule has 0 saturated heterocycles. The van der Waals surface area contributed by atoms with Crippen molar-refractivity contribution in [1.82, 2.24) is 5.32 Å². The van der Waals surface area contributed by atoms with Crippen molar-refractivity contribution >= 4 is 17.5 Å². The number of benzene rings is 1. The van der Waals surface area contributed by atoms with Gasteiger partial charge in [0.15, 0.2) is 0 Å². The van der Waals surface area contributed by atoms with Crippen LogP contribution in [0.4, 0.5) is 0 Å². The van der Waals surface area contributed by atoms with E-state index in [1.54, 1.807) is 24.3 Å². The van der Waals surface area contributed by atoms with Crippen molar-refractivity contribution in [2.45, 2.75) is 19.8 Å². The zero-order chi connectivity index (χ0) is 12.7. The highest BCUT2D eigenvalue weighted by atomic mass is 35.5. The summed E-state index contributed by atoms with van der Waals surface area (Å²) >= 11 is 5.80. The Morgan fingerprint density at radius 1 is 1.53 bits per heavy atom. The van der Waals surface area contributed by atoms with Crippen LogP contribution in [0.5, 0.6) is 0 Å². The molecule has 0 aliphatic rings. The quantitative estimate of drug-likeness (QED) is 0.768. The van der Waals surface area contributed by atoms with Crippen LogP contribution in [-0.2, 0) is 0 Å². The standard InChI is InChI=1S/C13H18ClNO2/c1-10(9-16)4-3-7-15-13(17)11-5-2-6-12(14)8-11/h2,5-6,8,10,16H,3-4,7,9H2,1H3,(H,15,17). The van der Waals surface area contributed by atoms with Gasteiger partial charge in [-0.05, 0) is 37.0 Å². The summed E-state index contributed by atoms with van der Waals surface area (Å²) in [6.07, 6.45) is 1.78. The summed E-state index contributed by atoms with van der Waals surface area (Å²) < 4.78 is 0. The second-order valence-corrected chi connectivity index (χ2v) is 4.63. The van der Waals surface area contributed by atoms with Crippen LogP contribution in [0, 0.1) is 5.92 Å². The number of hydrogen-bond acceptors (Lipinski definition) is 2. The number of rotatable bonds is 6. The zero-order valence-corrected chi connectivity index (χ0v) is 10.7. The Bertz CT molecular complexity index is 368. The molecule has 0 aromatic heterocycles. The molecule has 0 heterocycles. The first-order chi connectivity index (χ1) is 8.13. The molecule has 2 N–H and O–H groups in total. The molecule has 0 spiro atoms. The van der Waals surface area contributed by atoms with Crippen molar-refractivity contribution < 1.29 is 9.90 Å². The smallest absolute Gasteiger partial charge is 0.251 e. The minimum atomic E-state index is -0.107. The molecular formula is C13H18ClNO2. The van der Waals surface area contributed by atoms with Gasteiger partial charge in [0.1, 0.15) is 0 Å². The SMILES string of the molecule is CC(CO)CCCNC(=O)c1cccc(Cl)c1. The lowest BCUT2D eigenvalue weighted by Gasteiger charge is -2.08. The van der Waals surface area contributed by atoms with Gasteiger partial charge in [-0.3, -0.25) is 4.79 Å². The van der Waals surface area contributed by atoms with Crippen molar-refractivity contribution in [1.29, 1.82) is 0 Å². The number of aliphatic hydroxyl groups excluding tert-OH is 1. The van der Waals surface area contributed by atoms with Gasteiger partial charge in [-0.1, -0.05) is 24.6 Å². The maximum Gasteiger partial charge on any atom is 0.251 e. The molecule has 0 bridgehead atoms. The molecule has 1 aromatic rings. The average Bonchev–Trinajstić information content (AvgIpc) is 2.34. The van der Waals surface area contributed by atoms with E-state index in [4.69, 9.17) is 16.7 Å². The number of carbonyl (C=O) groups excluding carboxylic acids is 1. The van der Waals surface area contributed by atoms with Crippen molar-refractivity contribution in [3.63, 3.8) is 0 Å². The Balaban J connectivity index is 2.30. The van der Waals surface area contributed by atoms with Crippen LogP contribution in [0.2, 0.25) is 5.02 Å². The highest BCUT2D eigenvalue weighted by molar-refractivity contribution is 6.30. The maximum absolute atomic E-state index is 11.7. The maximum atomic E-state index is 11.7. The third kappa shape index (κ3) is 5.20. The van der Waals surface area contributed by atoms with Crippen molar-refractivity contribution in [2.24, 2.45) is 5.92 Å². The number of amides is 1. The van der Waals surface area contributed by atoms with Crippen LogP contribution >= 0.6 is 11.6 Å². The van der Waals surface area contributed by atoms with Gasteiger partial charge in [0.25, 0.3) is 5.91 Å². The summed E-state index contributed by atoms with van der Waals surface area (Å²) in [4.78, 5) is 11.7. The van der Waals surface area contributed by atoms with Gasteiger partial charge < -0.3 is 10.4 Å². The Morgan fingerprint density at radius 3 is 2.94 bits per heavy atom. The van der Waals surface area contributed by atoms with Crippen LogP contribution in [0.25, 0.3) is 0 Å². The molecule has 94 valence electrons. The average molecular weight is 256 g/mol. The van der Waals surface area contributed by atoms with Crippen molar-refractivity contribution in [3.8, 4) is 0 Å². The van der Waals surface area contributed by atoms with Crippen LogP contribution in [0.3, 0.4) is 0 Å². The van der Waals surface area contributed by atoms with Gasteiger partial charge in [0.2, 0.25) is 0 Å². The van der Waals surface area contributed by atoms with Crippen molar-refractivity contribution in [3.05, 3.63) is 34.9 Å². The lowest BCUT2D eigenvalue weighted by Crippen LogP contribution is -2.24. The van der Waals surface area contributed by atoms with Crippen LogP contribution in [0.1, 0.15) is 30.1 Å². The Hall–Kier alpha value is -1.06. The second kappa shape index (κ2) is 7.30. The molecule has 0 saturated carbocycles. The Labute approximate surface area is 107 Å². The fraction of sp³-hybridized carbons (Fsp3) is 0.462. The first kappa shape index (κ1) is 14.0. The molecule has 0 aliphatic carbocycles. The van der Waals surface area contributed by atoms with E-state index in [-0.39, 0.29) is 18.4 Å². The number of hydrogen-bond donors (Lipinski definition) is 2. The lowest BCUT2D eigenvalue weighted by atomic mass is 10.1. The van der Waals surface area contributed by atoms with E-state index >= 15 is 0 Å². The van der Waals surface area contributed by atoms with E-state index in [0.717, 1.165) is 12.8 Å². The lowest BCUT2D eigenvalue weighted by molar-refractivity contribution is 0.0952. The molecule has 0 radical (unpaired) electrons. The third-order valence-electron chi connectivity index (χ3n) is 2.56. The number of halogens is 1. The Kier molecular flexibility index (Phi) is 6.01. The van der Waals surface area contributed by atoms with E-state index in [1.165, 1.54) is 0 Å². The third-order valence-corrected chi connectivity index (χ3v) is 2.79. The summed E-state index contributed by atoms with van der Waals surface area (Å²) in [5, 5.41) is 12.2. The summed E-state index contributed by atoms with van der Waals surface area (Å²) in [5.74, 6) is 0.183. The zero-order valence-electron chi connectivity index (χ0n) is 9.95. The molecule has 4 heteroatoms. The van der Waals surface area contributed by atoms with Gasteiger partial charge in [-0.25, -0.2) is 0 Å². The number of carbonyl (C=O) groups is 1. The molecule has 1 atom stereocenters. The summed E-state index contributed by atoms with van der Waals surface area (Å²) in [7, 11) is 0. The fourth-order valence-corrected chi connectivity index (χ4v) is 1.67. The molecule has 1 aromatic carbocycles. The number of nitrogens with one attached hydrogen (secondary N) is 1. The summed E-state index contributed by atoms with van der Waals surface area (Å²) in [5.41, 5.74) is 0.577. The molecule has 0 fully saturated rings. The molecule has 0 aliphatic heterocycles. The first-order valence-electron chi connectivity index (χ1n) is 5.78. The second-order valence-electron chi connectivity index (χ2n) is 4.20. The monoisotopic (exact) mass is 255 g/mol. The largest absolute Gasteiger partial charge is 0.396 e. The van der Waals surface area contributed by atoms with E-state index in [0.29, 0.717) is 17.1 Å². The van der Waals surface area contributed by atoms with E-state index in [1.807, 2.05) is 6.92 Å². The molecule has 1 unspecified atom stereocenters. The van der Waals surface area contributed by atoms with E-state index < -0.39 is 0 Å². The molecule has 17 heavy (non-hydrogen) atoms.